The Bertz CT molecular complexity index is 621. The molecule has 3 rings (SSSR count). The molecule has 0 bridgehead atoms. The lowest BCUT2D eigenvalue weighted by molar-refractivity contribution is -0.132. The average Bonchev–Trinajstić information content (AvgIpc) is 3.21. The topological polar surface area (TPSA) is 46.3 Å². The third kappa shape index (κ3) is 3.21. The number of hydrogen-bond acceptors (Lipinski definition) is 3. The highest BCUT2D eigenvalue weighted by Gasteiger charge is 2.32. The lowest BCUT2D eigenvalue weighted by Crippen LogP contribution is -2.30. The molecule has 0 unspecified atom stereocenters. The van der Waals surface area contributed by atoms with Gasteiger partial charge in [-0.1, -0.05) is 42.4 Å². The molecular formula is C18H22N2O2. The quantitative estimate of drug-likeness (QED) is 0.848. The molecular weight excluding hydrogens is 276 g/mol. The van der Waals surface area contributed by atoms with Crippen LogP contribution in [-0.4, -0.2) is 22.5 Å². The Kier molecular flexibility index (Phi) is 4.56. The molecule has 0 saturated carbocycles. The van der Waals surface area contributed by atoms with Crippen LogP contribution in [0.1, 0.15) is 49.2 Å². The molecule has 1 amide bonds. The number of amides is 1. The van der Waals surface area contributed by atoms with E-state index < -0.39 is 0 Å². The summed E-state index contributed by atoms with van der Waals surface area (Å²) in [5.41, 5.74) is 2.16. The predicted octanol–water partition coefficient (Wildman–Crippen LogP) is 3.53. The van der Waals surface area contributed by atoms with Crippen LogP contribution in [0, 0.1) is 0 Å². The molecule has 4 nitrogen and oxygen atoms in total. The van der Waals surface area contributed by atoms with Crippen molar-refractivity contribution in [1.82, 2.24) is 10.1 Å². The van der Waals surface area contributed by atoms with E-state index in [1.54, 1.807) is 0 Å². The van der Waals surface area contributed by atoms with Crippen molar-refractivity contribution in [2.24, 2.45) is 0 Å². The van der Waals surface area contributed by atoms with Crippen LogP contribution in [0.15, 0.2) is 40.9 Å². The van der Waals surface area contributed by atoms with Gasteiger partial charge < -0.3 is 9.42 Å². The molecule has 1 aromatic carbocycles. The number of carbonyl (C=O) groups is 1. The molecule has 1 atom stereocenters. The van der Waals surface area contributed by atoms with Crippen LogP contribution in [-0.2, 0) is 17.6 Å². The van der Waals surface area contributed by atoms with E-state index in [-0.39, 0.29) is 11.9 Å². The number of carbonyl (C=O) groups excluding carboxylic acids is 1. The molecule has 4 heteroatoms. The number of likely N-dealkylation sites (tertiary alicyclic amines) is 1. The van der Waals surface area contributed by atoms with Crippen molar-refractivity contribution < 1.29 is 9.32 Å². The third-order valence-electron chi connectivity index (χ3n) is 4.31. The van der Waals surface area contributed by atoms with Crippen molar-refractivity contribution in [3.63, 3.8) is 0 Å². The molecule has 116 valence electrons. The summed E-state index contributed by atoms with van der Waals surface area (Å²) in [5, 5.41) is 4.05. The number of nitrogens with zero attached hydrogens (tertiary/aromatic N) is 2. The number of rotatable bonds is 5. The molecule has 0 N–H and O–H groups in total. The highest BCUT2D eigenvalue weighted by molar-refractivity contribution is 5.77. The van der Waals surface area contributed by atoms with Gasteiger partial charge in [0.1, 0.15) is 0 Å². The lowest BCUT2D eigenvalue weighted by atomic mass is 10.1. The standard InChI is InChI=1S/C18H22N2O2/c1-2-15-13-17(22-19-15)16-9-6-12-20(16)18(21)11-10-14-7-4-3-5-8-14/h3-5,7-8,13,16H,2,6,9-12H2,1H3/t16-/m0/s1. The monoisotopic (exact) mass is 298 g/mol. The van der Waals surface area contributed by atoms with E-state index in [4.69, 9.17) is 4.52 Å². The van der Waals surface area contributed by atoms with Crippen LogP contribution >= 0.6 is 0 Å². The Hall–Kier alpha value is -2.10. The van der Waals surface area contributed by atoms with Crippen LogP contribution in [0.5, 0.6) is 0 Å². The Labute approximate surface area is 131 Å². The first-order valence-electron chi connectivity index (χ1n) is 8.07. The first-order chi connectivity index (χ1) is 10.8. The van der Waals surface area contributed by atoms with E-state index in [1.807, 2.05) is 29.2 Å². The fourth-order valence-corrected chi connectivity index (χ4v) is 3.05. The Morgan fingerprint density at radius 3 is 2.91 bits per heavy atom. The number of benzene rings is 1. The molecule has 0 spiro atoms. The fourth-order valence-electron chi connectivity index (χ4n) is 3.05. The Morgan fingerprint density at radius 2 is 2.18 bits per heavy atom. The Balaban J connectivity index is 1.63. The van der Waals surface area contributed by atoms with Crippen molar-refractivity contribution in [3.05, 3.63) is 53.4 Å². The fraction of sp³-hybridized carbons (Fsp3) is 0.444. The molecule has 2 heterocycles. The summed E-state index contributed by atoms with van der Waals surface area (Å²) in [6, 6.07) is 12.2. The summed E-state index contributed by atoms with van der Waals surface area (Å²) in [6.45, 7) is 2.87. The molecule has 2 aromatic rings. The summed E-state index contributed by atoms with van der Waals surface area (Å²) in [7, 11) is 0. The zero-order chi connectivity index (χ0) is 15.4. The second-order valence-electron chi connectivity index (χ2n) is 5.80. The third-order valence-corrected chi connectivity index (χ3v) is 4.31. The van der Waals surface area contributed by atoms with Gasteiger partial charge in [-0.2, -0.15) is 0 Å². The van der Waals surface area contributed by atoms with Gasteiger partial charge in [-0.3, -0.25) is 4.79 Å². The van der Waals surface area contributed by atoms with Crippen molar-refractivity contribution in [3.8, 4) is 0 Å². The maximum atomic E-state index is 12.5. The van der Waals surface area contributed by atoms with Crippen LogP contribution in [0.4, 0.5) is 0 Å². The second-order valence-corrected chi connectivity index (χ2v) is 5.80. The van der Waals surface area contributed by atoms with Crippen molar-refractivity contribution in [2.45, 2.75) is 45.1 Å². The van der Waals surface area contributed by atoms with Gasteiger partial charge in [0.25, 0.3) is 0 Å². The minimum Gasteiger partial charge on any atom is -0.359 e. The molecule has 1 aliphatic rings. The zero-order valence-electron chi connectivity index (χ0n) is 13.0. The molecule has 1 fully saturated rings. The molecule has 0 aliphatic carbocycles. The zero-order valence-corrected chi connectivity index (χ0v) is 13.0. The predicted molar refractivity (Wildman–Crippen MR) is 84.3 cm³/mol. The average molecular weight is 298 g/mol. The molecule has 1 aromatic heterocycles. The maximum Gasteiger partial charge on any atom is 0.223 e. The minimum absolute atomic E-state index is 0.0658. The summed E-state index contributed by atoms with van der Waals surface area (Å²) >= 11 is 0. The van der Waals surface area contributed by atoms with Gasteiger partial charge in [0.2, 0.25) is 5.91 Å². The van der Waals surface area contributed by atoms with Gasteiger partial charge in [-0.25, -0.2) is 0 Å². The minimum atomic E-state index is 0.0658. The smallest absolute Gasteiger partial charge is 0.223 e. The number of aryl methyl sites for hydroxylation is 2. The number of aromatic nitrogens is 1. The van der Waals surface area contributed by atoms with Crippen molar-refractivity contribution >= 4 is 5.91 Å². The largest absolute Gasteiger partial charge is 0.359 e. The first-order valence-corrected chi connectivity index (χ1v) is 8.07. The first kappa shape index (κ1) is 14.8. The number of hydrogen-bond donors (Lipinski definition) is 0. The van der Waals surface area contributed by atoms with E-state index in [9.17, 15) is 4.79 Å². The highest BCUT2D eigenvalue weighted by atomic mass is 16.5. The van der Waals surface area contributed by atoms with Crippen molar-refractivity contribution in [2.75, 3.05) is 6.54 Å². The summed E-state index contributed by atoms with van der Waals surface area (Å²) in [4.78, 5) is 14.5. The van der Waals surface area contributed by atoms with E-state index in [0.717, 1.165) is 43.7 Å². The van der Waals surface area contributed by atoms with Crippen LogP contribution in [0.25, 0.3) is 0 Å². The van der Waals surface area contributed by atoms with E-state index >= 15 is 0 Å². The van der Waals surface area contributed by atoms with Gasteiger partial charge in [0.15, 0.2) is 5.76 Å². The molecule has 22 heavy (non-hydrogen) atoms. The van der Waals surface area contributed by atoms with E-state index in [1.165, 1.54) is 5.56 Å². The van der Waals surface area contributed by atoms with Gasteiger partial charge in [0, 0.05) is 19.0 Å². The molecule has 1 aliphatic heterocycles. The normalized spacial score (nSPS) is 17.9. The summed E-state index contributed by atoms with van der Waals surface area (Å²) < 4.78 is 5.44. The molecule has 1 saturated heterocycles. The van der Waals surface area contributed by atoms with Crippen LogP contribution in [0.2, 0.25) is 0 Å². The maximum absolute atomic E-state index is 12.5. The van der Waals surface area contributed by atoms with E-state index in [0.29, 0.717) is 6.42 Å². The van der Waals surface area contributed by atoms with E-state index in [2.05, 4.69) is 24.2 Å². The SMILES string of the molecule is CCc1cc([C@@H]2CCCN2C(=O)CCc2ccccc2)on1. The van der Waals surface area contributed by atoms with Gasteiger partial charge in [-0.05, 0) is 31.2 Å². The van der Waals surface area contributed by atoms with Gasteiger partial charge in [-0.15, -0.1) is 0 Å². The highest BCUT2D eigenvalue weighted by Crippen LogP contribution is 2.33. The van der Waals surface area contributed by atoms with Crippen molar-refractivity contribution in [1.29, 1.82) is 0 Å². The van der Waals surface area contributed by atoms with Crippen LogP contribution in [0.3, 0.4) is 0 Å². The lowest BCUT2D eigenvalue weighted by Gasteiger charge is -2.22. The van der Waals surface area contributed by atoms with Crippen LogP contribution < -0.4 is 0 Å². The Morgan fingerprint density at radius 1 is 1.36 bits per heavy atom. The summed E-state index contributed by atoms with van der Waals surface area (Å²) in [5.74, 6) is 1.04. The van der Waals surface area contributed by atoms with Gasteiger partial charge in [0.05, 0.1) is 11.7 Å². The summed E-state index contributed by atoms with van der Waals surface area (Å²) in [6.07, 6.45) is 4.20. The van der Waals surface area contributed by atoms with Gasteiger partial charge >= 0.3 is 0 Å². The molecule has 0 radical (unpaired) electrons. The second kappa shape index (κ2) is 6.77.